The Morgan fingerprint density at radius 1 is 1.08 bits per heavy atom. The Morgan fingerprint density at radius 2 is 1.79 bits per heavy atom. The molecule has 1 rings (SSSR count). The quantitative estimate of drug-likeness (QED) is 0.557. The second-order valence-corrected chi connectivity index (χ2v) is 5.89. The fourth-order valence-electron chi connectivity index (χ4n) is 2.82. The van der Waals surface area contributed by atoms with Gasteiger partial charge in [-0.3, -0.25) is 14.4 Å². The van der Waals surface area contributed by atoms with E-state index in [2.05, 4.69) is 10.6 Å². The van der Waals surface area contributed by atoms with Gasteiger partial charge in [0.1, 0.15) is 0 Å². The molecule has 1 aliphatic heterocycles. The van der Waals surface area contributed by atoms with E-state index in [0.29, 0.717) is 45.3 Å². The lowest BCUT2D eigenvalue weighted by molar-refractivity contribution is -0.135. The SMILES string of the molecule is CCNC(=O)CCCC(=O)N1CCCCC1CNC(=O)CCN.Cl. The normalized spacial score (nSPS) is 16.9. The first-order chi connectivity index (χ1) is 11.1. The Hall–Kier alpha value is -1.34. The first-order valence-corrected chi connectivity index (χ1v) is 8.61. The van der Waals surface area contributed by atoms with Gasteiger partial charge >= 0.3 is 0 Å². The second kappa shape index (κ2) is 13.0. The molecule has 0 saturated carbocycles. The van der Waals surface area contributed by atoms with Gasteiger partial charge in [-0.25, -0.2) is 0 Å². The van der Waals surface area contributed by atoms with Crippen molar-refractivity contribution in [3.8, 4) is 0 Å². The van der Waals surface area contributed by atoms with E-state index in [0.717, 1.165) is 25.8 Å². The van der Waals surface area contributed by atoms with Crippen LogP contribution >= 0.6 is 12.4 Å². The highest BCUT2D eigenvalue weighted by atomic mass is 35.5. The number of halogens is 1. The summed E-state index contributed by atoms with van der Waals surface area (Å²) in [5.41, 5.74) is 5.36. The standard InChI is InChI=1S/C16H30N4O3.ClH/c1-2-18-14(21)7-5-8-16(23)20-11-4-3-6-13(20)12-19-15(22)9-10-17;/h13H,2-12,17H2,1H3,(H,18,21)(H,19,22);1H. The summed E-state index contributed by atoms with van der Waals surface area (Å²) in [6.45, 7) is 4.04. The van der Waals surface area contributed by atoms with Gasteiger partial charge in [0, 0.05) is 51.5 Å². The van der Waals surface area contributed by atoms with Crippen molar-refractivity contribution in [1.29, 1.82) is 0 Å². The molecule has 1 heterocycles. The van der Waals surface area contributed by atoms with E-state index >= 15 is 0 Å². The Bertz CT molecular complexity index is 407. The summed E-state index contributed by atoms with van der Waals surface area (Å²) in [4.78, 5) is 37.2. The third-order valence-corrected chi connectivity index (χ3v) is 4.02. The molecule has 24 heavy (non-hydrogen) atoms. The number of hydrogen-bond acceptors (Lipinski definition) is 4. The summed E-state index contributed by atoms with van der Waals surface area (Å²) in [6.07, 6.45) is 4.61. The van der Waals surface area contributed by atoms with E-state index in [-0.39, 0.29) is 36.2 Å². The zero-order valence-corrected chi connectivity index (χ0v) is 15.3. The van der Waals surface area contributed by atoms with Crippen molar-refractivity contribution in [2.24, 2.45) is 5.73 Å². The molecule has 1 unspecified atom stereocenters. The van der Waals surface area contributed by atoms with Gasteiger partial charge in [0.25, 0.3) is 0 Å². The summed E-state index contributed by atoms with van der Waals surface area (Å²) in [6, 6.07) is 0.0578. The Labute approximate surface area is 150 Å². The molecular weight excluding hydrogens is 332 g/mol. The number of piperidine rings is 1. The van der Waals surface area contributed by atoms with E-state index in [9.17, 15) is 14.4 Å². The maximum atomic E-state index is 12.4. The number of carbonyl (C=O) groups is 3. The minimum absolute atomic E-state index is 0. The van der Waals surface area contributed by atoms with Crippen molar-refractivity contribution in [2.75, 3.05) is 26.2 Å². The number of nitrogens with two attached hydrogens (primary N) is 1. The van der Waals surface area contributed by atoms with Gasteiger partial charge in [-0.1, -0.05) is 0 Å². The molecule has 1 fully saturated rings. The molecule has 1 atom stereocenters. The molecule has 0 aliphatic carbocycles. The lowest BCUT2D eigenvalue weighted by Crippen LogP contribution is -2.49. The van der Waals surface area contributed by atoms with Crippen LogP contribution < -0.4 is 16.4 Å². The van der Waals surface area contributed by atoms with Crippen molar-refractivity contribution in [3.63, 3.8) is 0 Å². The number of carbonyl (C=O) groups excluding carboxylic acids is 3. The molecule has 140 valence electrons. The average Bonchev–Trinajstić information content (AvgIpc) is 2.53. The molecule has 0 aromatic rings. The van der Waals surface area contributed by atoms with Gasteiger partial charge in [0.15, 0.2) is 0 Å². The zero-order valence-electron chi connectivity index (χ0n) is 14.5. The van der Waals surface area contributed by atoms with Crippen molar-refractivity contribution in [3.05, 3.63) is 0 Å². The van der Waals surface area contributed by atoms with Crippen LogP contribution in [0.15, 0.2) is 0 Å². The molecule has 0 bridgehead atoms. The molecule has 0 aromatic heterocycles. The van der Waals surface area contributed by atoms with Crippen LogP contribution in [0.5, 0.6) is 0 Å². The molecule has 7 nitrogen and oxygen atoms in total. The van der Waals surface area contributed by atoms with Crippen LogP contribution in [0.4, 0.5) is 0 Å². The maximum absolute atomic E-state index is 12.4. The van der Waals surface area contributed by atoms with Crippen LogP contribution in [0, 0.1) is 0 Å². The minimum Gasteiger partial charge on any atom is -0.356 e. The molecule has 8 heteroatoms. The molecular formula is C16H31ClN4O3. The van der Waals surface area contributed by atoms with Crippen LogP contribution in [-0.2, 0) is 14.4 Å². The van der Waals surface area contributed by atoms with E-state index in [1.807, 2.05) is 11.8 Å². The molecule has 0 radical (unpaired) electrons. The highest BCUT2D eigenvalue weighted by molar-refractivity contribution is 5.85. The van der Waals surface area contributed by atoms with Gasteiger partial charge in [-0.15, -0.1) is 12.4 Å². The smallest absolute Gasteiger partial charge is 0.222 e. The fraction of sp³-hybridized carbons (Fsp3) is 0.812. The minimum atomic E-state index is -0.0679. The van der Waals surface area contributed by atoms with Crippen molar-refractivity contribution >= 4 is 30.1 Å². The number of hydrogen-bond donors (Lipinski definition) is 3. The third kappa shape index (κ3) is 8.49. The Morgan fingerprint density at radius 3 is 2.46 bits per heavy atom. The van der Waals surface area contributed by atoms with Gasteiger partial charge in [0.2, 0.25) is 17.7 Å². The van der Waals surface area contributed by atoms with Crippen LogP contribution in [0.2, 0.25) is 0 Å². The number of likely N-dealkylation sites (tertiary alicyclic amines) is 1. The van der Waals surface area contributed by atoms with Crippen LogP contribution in [-0.4, -0.2) is 54.8 Å². The molecule has 0 aromatic carbocycles. The first-order valence-electron chi connectivity index (χ1n) is 8.61. The topological polar surface area (TPSA) is 105 Å². The average molecular weight is 363 g/mol. The van der Waals surface area contributed by atoms with Gasteiger partial charge in [-0.05, 0) is 32.6 Å². The highest BCUT2D eigenvalue weighted by Crippen LogP contribution is 2.18. The van der Waals surface area contributed by atoms with Crippen molar-refractivity contribution in [2.45, 2.75) is 57.9 Å². The van der Waals surface area contributed by atoms with E-state index < -0.39 is 0 Å². The first kappa shape index (κ1) is 22.7. The van der Waals surface area contributed by atoms with Gasteiger partial charge in [0.05, 0.1) is 0 Å². The van der Waals surface area contributed by atoms with Crippen LogP contribution in [0.1, 0.15) is 51.9 Å². The summed E-state index contributed by atoms with van der Waals surface area (Å²) in [5, 5.41) is 5.58. The van der Waals surface area contributed by atoms with E-state index in [1.165, 1.54) is 0 Å². The highest BCUT2D eigenvalue weighted by Gasteiger charge is 2.26. The summed E-state index contributed by atoms with van der Waals surface area (Å²) in [5.74, 6) is -0.00155. The van der Waals surface area contributed by atoms with Crippen molar-refractivity contribution < 1.29 is 14.4 Å². The molecule has 1 saturated heterocycles. The molecule has 4 N–H and O–H groups in total. The third-order valence-electron chi connectivity index (χ3n) is 4.02. The predicted octanol–water partition coefficient (Wildman–Crippen LogP) is 0.561. The lowest BCUT2D eigenvalue weighted by Gasteiger charge is -2.36. The predicted molar refractivity (Wildman–Crippen MR) is 95.8 cm³/mol. The monoisotopic (exact) mass is 362 g/mol. The van der Waals surface area contributed by atoms with Crippen LogP contribution in [0.3, 0.4) is 0 Å². The number of amides is 3. The fourth-order valence-corrected chi connectivity index (χ4v) is 2.82. The summed E-state index contributed by atoms with van der Waals surface area (Å²) >= 11 is 0. The lowest BCUT2D eigenvalue weighted by atomic mass is 10.0. The maximum Gasteiger partial charge on any atom is 0.222 e. The summed E-state index contributed by atoms with van der Waals surface area (Å²) < 4.78 is 0. The largest absolute Gasteiger partial charge is 0.356 e. The number of nitrogens with one attached hydrogen (secondary N) is 2. The van der Waals surface area contributed by atoms with E-state index in [4.69, 9.17) is 5.73 Å². The number of nitrogens with zero attached hydrogens (tertiary/aromatic N) is 1. The summed E-state index contributed by atoms with van der Waals surface area (Å²) in [7, 11) is 0. The van der Waals surface area contributed by atoms with Crippen molar-refractivity contribution in [1.82, 2.24) is 15.5 Å². The van der Waals surface area contributed by atoms with Gasteiger partial charge < -0.3 is 21.3 Å². The Balaban J connectivity index is 0.00000529. The zero-order chi connectivity index (χ0) is 17.1. The Kier molecular flexibility index (Phi) is 12.3. The number of rotatable bonds is 9. The van der Waals surface area contributed by atoms with Gasteiger partial charge in [-0.2, -0.15) is 0 Å². The van der Waals surface area contributed by atoms with E-state index in [1.54, 1.807) is 0 Å². The second-order valence-electron chi connectivity index (χ2n) is 5.89. The molecule has 0 spiro atoms. The molecule has 3 amide bonds. The van der Waals surface area contributed by atoms with Crippen LogP contribution in [0.25, 0.3) is 0 Å². The molecule has 1 aliphatic rings.